The van der Waals surface area contributed by atoms with E-state index < -0.39 is 0 Å². The lowest BCUT2D eigenvalue weighted by Gasteiger charge is -2.22. The summed E-state index contributed by atoms with van der Waals surface area (Å²) in [4.78, 5) is 30.2. The lowest BCUT2D eigenvalue weighted by atomic mass is 9.95. The summed E-state index contributed by atoms with van der Waals surface area (Å²) in [5.74, 6) is 0.616. The highest BCUT2D eigenvalue weighted by molar-refractivity contribution is 5.94. The summed E-state index contributed by atoms with van der Waals surface area (Å²) in [6.07, 6.45) is 7.01. The van der Waals surface area contributed by atoms with Gasteiger partial charge in [-0.3, -0.25) is 14.2 Å². The maximum absolute atomic E-state index is 13.3. The van der Waals surface area contributed by atoms with Crippen molar-refractivity contribution in [1.82, 2.24) is 20.0 Å². The molecule has 1 saturated carbocycles. The number of amides is 1. The standard InChI is InChI=1S/C25H24N4O4/c1-32-20-13-9-16(10-14-20)22-21-24(33-28-22)26-15-29(25(21)31)19-11-7-17(8-12-19)23(30)27-18-5-3-2-4-6-18/h7-15,18H,2-6H2,1H3,(H,27,30). The first-order chi connectivity index (χ1) is 16.1. The van der Waals surface area contributed by atoms with E-state index in [0.29, 0.717) is 28.1 Å². The highest BCUT2D eigenvalue weighted by Crippen LogP contribution is 2.26. The topological polar surface area (TPSA) is 99.2 Å². The van der Waals surface area contributed by atoms with Crippen LogP contribution in [-0.2, 0) is 0 Å². The molecule has 0 aliphatic heterocycles. The van der Waals surface area contributed by atoms with Gasteiger partial charge in [0.1, 0.15) is 23.2 Å². The maximum atomic E-state index is 13.3. The van der Waals surface area contributed by atoms with E-state index in [-0.39, 0.29) is 23.2 Å². The van der Waals surface area contributed by atoms with Crippen LogP contribution in [0.25, 0.3) is 28.0 Å². The summed E-state index contributed by atoms with van der Waals surface area (Å²) in [6, 6.07) is 14.4. The van der Waals surface area contributed by atoms with Gasteiger partial charge in [0.25, 0.3) is 17.2 Å². The normalized spacial score (nSPS) is 14.3. The molecular weight excluding hydrogens is 420 g/mol. The van der Waals surface area contributed by atoms with E-state index in [2.05, 4.69) is 15.5 Å². The van der Waals surface area contributed by atoms with Crippen LogP contribution in [0.2, 0.25) is 0 Å². The van der Waals surface area contributed by atoms with Crippen molar-refractivity contribution in [2.75, 3.05) is 7.11 Å². The van der Waals surface area contributed by atoms with E-state index in [4.69, 9.17) is 9.26 Å². The zero-order valence-corrected chi connectivity index (χ0v) is 18.3. The Morgan fingerprint density at radius 1 is 1.06 bits per heavy atom. The molecule has 1 aliphatic rings. The monoisotopic (exact) mass is 444 g/mol. The predicted octanol–water partition coefficient (Wildman–Crippen LogP) is 4.11. The van der Waals surface area contributed by atoms with Crippen molar-refractivity contribution in [3.8, 4) is 22.7 Å². The number of hydrogen-bond donors (Lipinski definition) is 1. The number of carbonyl (C=O) groups is 1. The number of ether oxygens (including phenoxy) is 1. The number of hydrogen-bond acceptors (Lipinski definition) is 6. The van der Waals surface area contributed by atoms with Crippen molar-refractivity contribution in [3.05, 3.63) is 70.8 Å². The van der Waals surface area contributed by atoms with E-state index in [1.54, 1.807) is 43.5 Å². The molecule has 1 amide bonds. The Kier molecular flexibility index (Phi) is 5.64. The van der Waals surface area contributed by atoms with E-state index in [1.807, 2.05) is 12.1 Å². The summed E-state index contributed by atoms with van der Waals surface area (Å²) in [7, 11) is 1.59. The average molecular weight is 444 g/mol. The van der Waals surface area contributed by atoms with Crippen LogP contribution in [0, 0.1) is 0 Å². The first-order valence-corrected chi connectivity index (χ1v) is 11.1. The molecule has 8 nitrogen and oxygen atoms in total. The van der Waals surface area contributed by atoms with Gasteiger partial charge in [-0.1, -0.05) is 24.4 Å². The molecule has 0 atom stereocenters. The third-order valence-corrected chi connectivity index (χ3v) is 6.11. The van der Waals surface area contributed by atoms with Gasteiger partial charge in [-0.05, 0) is 61.4 Å². The second-order valence-electron chi connectivity index (χ2n) is 8.21. The van der Waals surface area contributed by atoms with Crippen molar-refractivity contribution in [3.63, 3.8) is 0 Å². The second kappa shape index (κ2) is 8.90. The lowest BCUT2D eigenvalue weighted by Crippen LogP contribution is -2.36. The molecule has 0 spiro atoms. The average Bonchev–Trinajstić information content (AvgIpc) is 3.30. The molecule has 8 heteroatoms. The van der Waals surface area contributed by atoms with Crippen LogP contribution in [0.5, 0.6) is 5.75 Å². The quantitative estimate of drug-likeness (QED) is 0.497. The number of rotatable bonds is 5. The van der Waals surface area contributed by atoms with Crippen molar-refractivity contribution < 1.29 is 14.1 Å². The highest BCUT2D eigenvalue weighted by atomic mass is 16.5. The molecule has 2 aromatic heterocycles. The number of benzene rings is 2. The first kappa shape index (κ1) is 20.9. The summed E-state index contributed by atoms with van der Waals surface area (Å²) in [6.45, 7) is 0. The first-order valence-electron chi connectivity index (χ1n) is 11.1. The molecule has 0 unspecified atom stereocenters. The lowest BCUT2D eigenvalue weighted by molar-refractivity contribution is 0.0927. The summed E-state index contributed by atoms with van der Waals surface area (Å²) >= 11 is 0. The van der Waals surface area contributed by atoms with Gasteiger partial charge in [-0.2, -0.15) is 0 Å². The SMILES string of the molecule is COc1ccc(-c2noc3ncn(-c4ccc(C(=O)NC5CCCCC5)cc4)c(=O)c23)cc1. The minimum absolute atomic E-state index is 0.0878. The molecular formula is C25H24N4O4. The predicted molar refractivity (Wildman–Crippen MR) is 124 cm³/mol. The van der Waals surface area contributed by atoms with Gasteiger partial charge in [0, 0.05) is 17.2 Å². The molecule has 1 N–H and O–H groups in total. The number of aromatic nitrogens is 3. The Hall–Kier alpha value is -3.94. The summed E-state index contributed by atoms with van der Waals surface area (Å²) in [5.41, 5.74) is 2.18. The molecule has 168 valence electrons. The number of nitrogens with zero attached hydrogens (tertiary/aromatic N) is 3. The minimum Gasteiger partial charge on any atom is -0.497 e. The third kappa shape index (κ3) is 4.11. The molecule has 33 heavy (non-hydrogen) atoms. The van der Waals surface area contributed by atoms with E-state index in [1.165, 1.54) is 17.3 Å². The fraction of sp³-hybridized carbons (Fsp3) is 0.280. The van der Waals surface area contributed by atoms with Crippen molar-refractivity contribution >= 4 is 17.0 Å². The van der Waals surface area contributed by atoms with Crippen LogP contribution < -0.4 is 15.6 Å². The molecule has 5 rings (SSSR count). The minimum atomic E-state index is -0.300. The summed E-state index contributed by atoms with van der Waals surface area (Å²) < 4.78 is 11.9. The third-order valence-electron chi connectivity index (χ3n) is 6.11. The fourth-order valence-corrected chi connectivity index (χ4v) is 4.26. The Labute approximate surface area is 190 Å². The zero-order chi connectivity index (χ0) is 22.8. The van der Waals surface area contributed by atoms with Crippen LogP contribution >= 0.6 is 0 Å². The molecule has 2 aromatic carbocycles. The van der Waals surface area contributed by atoms with Gasteiger partial charge in [0.15, 0.2) is 0 Å². The Morgan fingerprint density at radius 3 is 2.48 bits per heavy atom. The molecule has 2 heterocycles. The molecule has 1 fully saturated rings. The van der Waals surface area contributed by atoms with Crippen LogP contribution in [0.15, 0.2) is 64.2 Å². The Bertz CT molecular complexity index is 1330. The van der Waals surface area contributed by atoms with Crippen LogP contribution in [-0.4, -0.2) is 33.8 Å². The zero-order valence-electron chi connectivity index (χ0n) is 18.3. The van der Waals surface area contributed by atoms with Gasteiger partial charge >= 0.3 is 0 Å². The van der Waals surface area contributed by atoms with Gasteiger partial charge in [0.05, 0.1) is 12.8 Å². The van der Waals surface area contributed by atoms with Gasteiger partial charge in [-0.15, -0.1) is 0 Å². The van der Waals surface area contributed by atoms with E-state index in [0.717, 1.165) is 31.2 Å². The van der Waals surface area contributed by atoms with Gasteiger partial charge in [0.2, 0.25) is 0 Å². The van der Waals surface area contributed by atoms with Gasteiger partial charge in [-0.25, -0.2) is 4.98 Å². The molecule has 4 aromatic rings. The van der Waals surface area contributed by atoms with Crippen molar-refractivity contribution in [1.29, 1.82) is 0 Å². The smallest absolute Gasteiger partial charge is 0.271 e. The Morgan fingerprint density at radius 2 is 1.79 bits per heavy atom. The fourth-order valence-electron chi connectivity index (χ4n) is 4.26. The van der Waals surface area contributed by atoms with Crippen LogP contribution in [0.3, 0.4) is 0 Å². The van der Waals surface area contributed by atoms with Crippen LogP contribution in [0.4, 0.5) is 0 Å². The Balaban J connectivity index is 1.44. The van der Waals surface area contributed by atoms with E-state index in [9.17, 15) is 9.59 Å². The van der Waals surface area contributed by atoms with Crippen LogP contribution in [0.1, 0.15) is 42.5 Å². The van der Waals surface area contributed by atoms with E-state index >= 15 is 0 Å². The number of carbonyl (C=O) groups excluding carboxylic acids is 1. The highest BCUT2D eigenvalue weighted by Gasteiger charge is 2.19. The van der Waals surface area contributed by atoms with Crippen molar-refractivity contribution in [2.24, 2.45) is 0 Å². The molecule has 1 aliphatic carbocycles. The number of fused-ring (bicyclic) bond motifs is 1. The number of methoxy groups -OCH3 is 1. The molecule has 0 radical (unpaired) electrons. The number of nitrogens with one attached hydrogen (secondary N) is 1. The second-order valence-corrected chi connectivity index (χ2v) is 8.21. The summed E-state index contributed by atoms with van der Waals surface area (Å²) in [5, 5.41) is 7.47. The molecule has 0 bridgehead atoms. The maximum Gasteiger partial charge on any atom is 0.271 e. The molecule has 0 saturated heterocycles. The van der Waals surface area contributed by atoms with Crippen molar-refractivity contribution in [2.45, 2.75) is 38.1 Å². The largest absolute Gasteiger partial charge is 0.497 e. The van der Waals surface area contributed by atoms with Gasteiger partial charge < -0.3 is 14.6 Å².